The third-order valence-corrected chi connectivity index (χ3v) is 4.92. The van der Waals surface area contributed by atoms with E-state index in [1.807, 2.05) is 12.4 Å². The van der Waals surface area contributed by atoms with E-state index in [0.717, 1.165) is 31.8 Å². The molecule has 0 unspecified atom stereocenters. The lowest BCUT2D eigenvalue weighted by Crippen LogP contribution is -2.33. The molecule has 0 saturated carbocycles. The molecule has 4 heteroatoms. The van der Waals surface area contributed by atoms with Gasteiger partial charge in [-0.05, 0) is 25.0 Å². The van der Waals surface area contributed by atoms with Crippen LogP contribution in [0.3, 0.4) is 0 Å². The highest BCUT2D eigenvalue weighted by molar-refractivity contribution is 5.85. The van der Waals surface area contributed by atoms with E-state index in [1.54, 1.807) is 0 Å². The van der Waals surface area contributed by atoms with Crippen molar-refractivity contribution >= 4 is 10.9 Å². The van der Waals surface area contributed by atoms with E-state index >= 15 is 0 Å². The van der Waals surface area contributed by atoms with Crippen LogP contribution in [0.5, 0.6) is 0 Å². The van der Waals surface area contributed by atoms with Crippen molar-refractivity contribution in [2.45, 2.75) is 39.3 Å². The van der Waals surface area contributed by atoms with Crippen LogP contribution in [0.15, 0.2) is 36.7 Å². The average molecular weight is 306 g/mol. The van der Waals surface area contributed by atoms with Crippen LogP contribution in [0.1, 0.15) is 42.5 Å². The molecular formula is C19H22N4. The highest BCUT2D eigenvalue weighted by Crippen LogP contribution is 2.34. The van der Waals surface area contributed by atoms with Crippen LogP contribution in [0.2, 0.25) is 0 Å². The average Bonchev–Trinajstić information content (AvgIpc) is 2.98. The van der Waals surface area contributed by atoms with Gasteiger partial charge in [0.05, 0.1) is 0 Å². The Bertz CT molecular complexity index is 819. The Balaban J connectivity index is 1.60. The first kappa shape index (κ1) is 14.4. The van der Waals surface area contributed by atoms with Gasteiger partial charge in [-0.25, -0.2) is 9.97 Å². The predicted octanol–water partition coefficient (Wildman–Crippen LogP) is 3.64. The van der Waals surface area contributed by atoms with Crippen molar-refractivity contribution in [1.82, 2.24) is 19.9 Å². The molecule has 1 N–H and O–H groups in total. The number of hydrogen-bond acceptors (Lipinski definition) is 3. The molecule has 4 nitrogen and oxygen atoms in total. The number of para-hydroxylation sites is 1. The summed E-state index contributed by atoms with van der Waals surface area (Å²) >= 11 is 0. The Hall–Kier alpha value is -2.20. The zero-order valence-electron chi connectivity index (χ0n) is 13.7. The van der Waals surface area contributed by atoms with Crippen LogP contribution in [0.25, 0.3) is 10.9 Å². The molecule has 0 amide bonds. The Morgan fingerprint density at radius 2 is 2.00 bits per heavy atom. The van der Waals surface area contributed by atoms with Gasteiger partial charge in [0, 0.05) is 60.1 Å². The minimum Gasteiger partial charge on any atom is -0.357 e. The smallest absolute Gasteiger partial charge is 0.127 e. The minimum atomic E-state index is 0.386. The monoisotopic (exact) mass is 306 g/mol. The van der Waals surface area contributed by atoms with Crippen LogP contribution in [0.4, 0.5) is 0 Å². The van der Waals surface area contributed by atoms with Crippen molar-refractivity contribution in [3.8, 4) is 0 Å². The van der Waals surface area contributed by atoms with E-state index < -0.39 is 0 Å². The number of benzene rings is 1. The number of nitrogens with zero attached hydrogens (tertiary/aromatic N) is 3. The maximum atomic E-state index is 4.42. The topological polar surface area (TPSA) is 44.8 Å². The van der Waals surface area contributed by atoms with Crippen molar-refractivity contribution in [2.75, 3.05) is 6.54 Å². The molecule has 0 fully saturated rings. The number of nitrogens with one attached hydrogen (secondary N) is 1. The molecule has 2 aromatic heterocycles. The molecule has 0 aliphatic carbocycles. The van der Waals surface area contributed by atoms with Gasteiger partial charge in [0.15, 0.2) is 0 Å². The van der Waals surface area contributed by atoms with Crippen LogP contribution in [-0.4, -0.2) is 26.4 Å². The van der Waals surface area contributed by atoms with Gasteiger partial charge in [0.2, 0.25) is 0 Å². The summed E-state index contributed by atoms with van der Waals surface area (Å²) < 4.78 is 0. The van der Waals surface area contributed by atoms with Crippen molar-refractivity contribution < 1.29 is 0 Å². The normalized spacial score (nSPS) is 18.3. The lowest BCUT2D eigenvalue weighted by Gasteiger charge is -2.33. The van der Waals surface area contributed by atoms with E-state index in [1.165, 1.54) is 27.7 Å². The first-order chi connectivity index (χ1) is 11.3. The summed E-state index contributed by atoms with van der Waals surface area (Å²) in [5.74, 6) is 0.915. The van der Waals surface area contributed by atoms with Gasteiger partial charge in [-0.1, -0.05) is 25.1 Å². The number of fused-ring (bicyclic) bond motifs is 3. The molecule has 0 bridgehead atoms. The molecule has 1 aliphatic heterocycles. The molecule has 1 aliphatic rings. The summed E-state index contributed by atoms with van der Waals surface area (Å²) in [5, 5.41) is 1.38. The number of aryl methyl sites for hydroxylation is 1. The predicted molar refractivity (Wildman–Crippen MR) is 92.2 cm³/mol. The van der Waals surface area contributed by atoms with Gasteiger partial charge in [-0.15, -0.1) is 0 Å². The van der Waals surface area contributed by atoms with E-state index in [4.69, 9.17) is 0 Å². The van der Waals surface area contributed by atoms with E-state index in [2.05, 4.69) is 58.0 Å². The maximum absolute atomic E-state index is 4.42. The van der Waals surface area contributed by atoms with E-state index in [-0.39, 0.29) is 0 Å². The first-order valence-corrected chi connectivity index (χ1v) is 8.39. The molecule has 23 heavy (non-hydrogen) atoms. The molecule has 1 atom stereocenters. The Kier molecular flexibility index (Phi) is 3.62. The molecule has 4 rings (SSSR count). The van der Waals surface area contributed by atoms with Crippen molar-refractivity contribution in [3.05, 3.63) is 59.3 Å². The molecule has 1 aromatic carbocycles. The number of H-pyrrole nitrogens is 1. The first-order valence-electron chi connectivity index (χ1n) is 8.39. The molecular weight excluding hydrogens is 284 g/mol. The van der Waals surface area contributed by atoms with Crippen LogP contribution < -0.4 is 0 Å². The molecule has 118 valence electrons. The summed E-state index contributed by atoms with van der Waals surface area (Å²) in [6.45, 7) is 6.35. The second kappa shape index (κ2) is 5.78. The quantitative estimate of drug-likeness (QED) is 0.803. The fraction of sp³-hybridized carbons (Fsp3) is 0.368. The van der Waals surface area contributed by atoms with Crippen molar-refractivity contribution in [3.63, 3.8) is 0 Å². The molecule has 0 spiro atoms. The fourth-order valence-electron chi connectivity index (χ4n) is 3.57. The van der Waals surface area contributed by atoms with E-state index in [9.17, 15) is 0 Å². The van der Waals surface area contributed by atoms with Crippen LogP contribution in [0, 0.1) is 0 Å². The fourth-order valence-corrected chi connectivity index (χ4v) is 3.57. The van der Waals surface area contributed by atoms with Gasteiger partial charge in [0.1, 0.15) is 5.82 Å². The summed E-state index contributed by atoms with van der Waals surface area (Å²) in [6.07, 6.45) is 5.93. The van der Waals surface area contributed by atoms with Crippen molar-refractivity contribution in [1.29, 1.82) is 0 Å². The maximum Gasteiger partial charge on any atom is 0.127 e. The molecule has 3 aromatic rings. The van der Waals surface area contributed by atoms with Gasteiger partial charge >= 0.3 is 0 Å². The number of aromatic nitrogens is 3. The summed E-state index contributed by atoms with van der Waals surface area (Å²) in [4.78, 5) is 15.0. The lowest BCUT2D eigenvalue weighted by atomic mass is 9.98. The highest BCUT2D eigenvalue weighted by atomic mass is 15.2. The third-order valence-electron chi connectivity index (χ3n) is 4.92. The zero-order valence-corrected chi connectivity index (χ0v) is 13.7. The van der Waals surface area contributed by atoms with Crippen LogP contribution in [-0.2, 0) is 19.4 Å². The van der Waals surface area contributed by atoms with Gasteiger partial charge in [0.25, 0.3) is 0 Å². The number of aromatic amines is 1. The second-order valence-electron chi connectivity index (χ2n) is 6.32. The highest BCUT2D eigenvalue weighted by Gasteiger charge is 2.27. The molecule has 3 heterocycles. The second-order valence-corrected chi connectivity index (χ2v) is 6.32. The zero-order chi connectivity index (χ0) is 15.8. The largest absolute Gasteiger partial charge is 0.357 e. The van der Waals surface area contributed by atoms with Crippen LogP contribution >= 0.6 is 0 Å². The number of rotatable bonds is 3. The SMILES string of the molecule is CCc1ncc(CN2CCc3c([nH]c4ccccc34)[C@H]2C)cn1. The Morgan fingerprint density at radius 3 is 2.78 bits per heavy atom. The standard InChI is InChI=1S/C19H22N4/c1-3-18-20-10-14(11-21-18)12-23-9-8-16-15-6-4-5-7-17(15)22-19(16)13(23)2/h4-7,10-11,13,22H,3,8-9,12H2,1-2H3/t13-/m1/s1. The Morgan fingerprint density at radius 1 is 1.22 bits per heavy atom. The van der Waals surface area contributed by atoms with Crippen molar-refractivity contribution in [2.24, 2.45) is 0 Å². The minimum absolute atomic E-state index is 0.386. The third kappa shape index (κ3) is 2.53. The van der Waals surface area contributed by atoms with Gasteiger partial charge < -0.3 is 4.98 Å². The lowest BCUT2D eigenvalue weighted by molar-refractivity contribution is 0.186. The summed E-state index contributed by atoms with van der Waals surface area (Å²) in [6, 6.07) is 9.00. The van der Waals surface area contributed by atoms with E-state index in [0.29, 0.717) is 6.04 Å². The summed E-state index contributed by atoms with van der Waals surface area (Å²) in [7, 11) is 0. The summed E-state index contributed by atoms with van der Waals surface area (Å²) in [5.41, 5.74) is 5.29. The number of hydrogen-bond donors (Lipinski definition) is 1. The molecule has 0 radical (unpaired) electrons. The molecule has 0 saturated heterocycles. The van der Waals surface area contributed by atoms with Gasteiger partial charge in [-0.3, -0.25) is 4.90 Å². The Labute approximate surface area is 136 Å². The van der Waals surface area contributed by atoms with Gasteiger partial charge in [-0.2, -0.15) is 0 Å².